The molecule has 0 N–H and O–H groups in total. The van der Waals surface area contributed by atoms with Crippen LogP contribution in [0.25, 0.3) is 5.65 Å². The SMILES string of the molecule is Cc1nc2cc(C3CCC(C(F)(F)F)CC3)nn2c([C@@H]2CN(C=O)CC[C@@H]2C)c1C. The van der Waals surface area contributed by atoms with Crippen molar-refractivity contribution in [3.05, 3.63) is 28.7 Å². The average molecular weight is 422 g/mol. The molecule has 1 aliphatic carbocycles. The van der Waals surface area contributed by atoms with Crippen LogP contribution in [-0.2, 0) is 4.79 Å². The van der Waals surface area contributed by atoms with Gasteiger partial charge in [0.25, 0.3) is 0 Å². The first-order valence-electron chi connectivity index (χ1n) is 10.8. The van der Waals surface area contributed by atoms with E-state index in [1.54, 1.807) is 0 Å². The molecular formula is C22H29F3N4O. The van der Waals surface area contributed by atoms with Gasteiger partial charge in [-0.05, 0) is 57.4 Å². The number of carbonyl (C=O) groups excluding carboxylic acids is 1. The maximum atomic E-state index is 13.0. The fraction of sp³-hybridized carbons (Fsp3) is 0.682. The third kappa shape index (κ3) is 3.81. The van der Waals surface area contributed by atoms with E-state index in [1.807, 2.05) is 29.3 Å². The van der Waals surface area contributed by atoms with Crippen LogP contribution >= 0.6 is 0 Å². The van der Waals surface area contributed by atoms with Gasteiger partial charge in [0.2, 0.25) is 6.41 Å². The fourth-order valence-corrected chi connectivity index (χ4v) is 5.14. The van der Waals surface area contributed by atoms with Gasteiger partial charge in [-0.2, -0.15) is 18.3 Å². The molecule has 1 aliphatic heterocycles. The number of likely N-dealkylation sites (tertiary alicyclic amines) is 1. The first kappa shape index (κ1) is 21.1. The van der Waals surface area contributed by atoms with Gasteiger partial charge in [0.05, 0.1) is 17.3 Å². The molecule has 2 aliphatic rings. The molecular weight excluding hydrogens is 393 g/mol. The Hall–Kier alpha value is -2.12. The number of halogens is 3. The van der Waals surface area contributed by atoms with Gasteiger partial charge in [-0.3, -0.25) is 4.79 Å². The summed E-state index contributed by atoms with van der Waals surface area (Å²) >= 11 is 0. The molecule has 0 aromatic carbocycles. The number of aromatic nitrogens is 3. The number of aryl methyl sites for hydroxylation is 1. The number of fused-ring (bicyclic) bond motifs is 1. The maximum Gasteiger partial charge on any atom is 0.391 e. The van der Waals surface area contributed by atoms with Crippen LogP contribution in [0, 0.1) is 25.7 Å². The molecule has 2 aromatic rings. The third-order valence-corrected chi connectivity index (χ3v) is 7.25. The first-order valence-corrected chi connectivity index (χ1v) is 10.8. The van der Waals surface area contributed by atoms with Crippen LogP contribution in [0.2, 0.25) is 0 Å². The summed E-state index contributed by atoms with van der Waals surface area (Å²) in [6, 6.07) is 1.94. The minimum absolute atomic E-state index is 0.0361. The molecule has 3 heterocycles. The van der Waals surface area contributed by atoms with Crippen molar-refractivity contribution in [3.8, 4) is 0 Å². The Kier molecular flexibility index (Phi) is 5.53. The van der Waals surface area contributed by atoms with Gasteiger partial charge < -0.3 is 4.90 Å². The molecule has 8 heteroatoms. The Morgan fingerprint density at radius 1 is 1.13 bits per heavy atom. The van der Waals surface area contributed by atoms with E-state index in [2.05, 4.69) is 6.92 Å². The monoisotopic (exact) mass is 422 g/mol. The molecule has 30 heavy (non-hydrogen) atoms. The van der Waals surface area contributed by atoms with Crippen molar-refractivity contribution in [1.29, 1.82) is 0 Å². The highest BCUT2D eigenvalue weighted by Gasteiger charge is 2.42. The molecule has 1 amide bonds. The molecule has 1 saturated heterocycles. The number of hydrogen-bond acceptors (Lipinski definition) is 3. The zero-order valence-corrected chi connectivity index (χ0v) is 17.7. The van der Waals surface area contributed by atoms with E-state index >= 15 is 0 Å². The number of piperidine rings is 1. The van der Waals surface area contributed by atoms with E-state index in [-0.39, 0.29) is 24.7 Å². The molecule has 4 rings (SSSR count). The van der Waals surface area contributed by atoms with Crippen molar-refractivity contribution in [2.75, 3.05) is 13.1 Å². The van der Waals surface area contributed by atoms with Crippen LogP contribution in [0.1, 0.15) is 73.5 Å². The van der Waals surface area contributed by atoms with Gasteiger partial charge in [-0.25, -0.2) is 9.50 Å². The fourth-order valence-electron chi connectivity index (χ4n) is 5.14. The summed E-state index contributed by atoms with van der Waals surface area (Å²) in [6.07, 6.45) is -0.939. The van der Waals surface area contributed by atoms with Crippen molar-refractivity contribution in [3.63, 3.8) is 0 Å². The number of hydrogen-bond donors (Lipinski definition) is 0. The molecule has 0 bridgehead atoms. The Balaban J connectivity index is 1.68. The first-order chi connectivity index (χ1) is 14.2. The van der Waals surface area contributed by atoms with E-state index in [9.17, 15) is 18.0 Å². The summed E-state index contributed by atoms with van der Waals surface area (Å²) in [5.74, 6) is -0.600. The summed E-state index contributed by atoms with van der Waals surface area (Å²) in [6.45, 7) is 7.64. The number of carbonyl (C=O) groups is 1. The highest BCUT2D eigenvalue weighted by molar-refractivity contribution is 5.49. The zero-order valence-electron chi connectivity index (χ0n) is 17.7. The van der Waals surface area contributed by atoms with Gasteiger partial charge in [-0.15, -0.1) is 0 Å². The maximum absolute atomic E-state index is 13.0. The highest BCUT2D eigenvalue weighted by Crippen LogP contribution is 2.43. The van der Waals surface area contributed by atoms with E-state index < -0.39 is 12.1 Å². The molecule has 2 aromatic heterocycles. The van der Waals surface area contributed by atoms with E-state index in [4.69, 9.17) is 10.1 Å². The van der Waals surface area contributed by atoms with Gasteiger partial charge in [0.1, 0.15) is 0 Å². The predicted octanol–water partition coefficient (Wildman–Crippen LogP) is 4.76. The van der Waals surface area contributed by atoms with Crippen LogP contribution in [0.5, 0.6) is 0 Å². The number of alkyl halides is 3. The van der Waals surface area contributed by atoms with Gasteiger partial charge in [0, 0.05) is 36.7 Å². The Labute approximate surface area is 174 Å². The lowest BCUT2D eigenvalue weighted by Crippen LogP contribution is -2.38. The van der Waals surface area contributed by atoms with Gasteiger partial charge in [0.15, 0.2) is 5.65 Å². The number of rotatable bonds is 3. The predicted molar refractivity (Wildman–Crippen MR) is 107 cm³/mol. The summed E-state index contributed by atoms with van der Waals surface area (Å²) in [4.78, 5) is 17.9. The molecule has 2 atom stereocenters. The van der Waals surface area contributed by atoms with Crippen LogP contribution in [-0.4, -0.2) is 45.2 Å². The van der Waals surface area contributed by atoms with Crippen LogP contribution in [0.15, 0.2) is 6.07 Å². The molecule has 5 nitrogen and oxygen atoms in total. The quantitative estimate of drug-likeness (QED) is 0.670. The highest BCUT2D eigenvalue weighted by atomic mass is 19.4. The van der Waals surface area contributed by atoms with Crippen LogP contribution in [0.4, 0.5) is 13.2 Å². The summed E-state index contributed by atoms with van der Waals surface area (Å²) in [7, 11) is 0. The largest absolute Gasteiger partial charge is 0.391 e. The molecule has 0 unspecified atom stereocenters. The molecule has 0 spiro atoms. The van der Waals surface area contributed by atoms with Crippen LogP contribution in [0.3, 0.4) is 0 Å². The standard InChI is InChI=1S/C22H29F3N4O/c1-13-8-9-28(12-30)11-18(13)21-14(2)15(3)26-20-10-19(27-29(20)21)16-4-6-17(7-5-16)22(23,24)25/h10,12-13,16-18H,4-9,11H2,1-3H3/t13-,16?,17?,18+/m0/s1. The average Bonchev–Trinajstić information content (AvgIpc) is 3.12. The summed E-state index contributed by atoms with van der Waals surface area (Å²) < 4.78 is 41.0. The minimum atomic E-state index is -4.10. The number of amides is 1. The van der Waals surface area contributed by atoms with Crippen molar-refractivity contribution < 1.29 is 18.0 Å². The zero-order chi connectivity index (χ0) is 21.6. The second kappa shape index (κ2) is 7.85. The second-order valence-electron chi connectivity index (χ2n) is 9.11. The van der Waals surface area contributed by atoms with Crippen molar-refractivity contribution in [2.45, 2.75) is 70.9 Å². The molecule has 1 saturated carbocycles. The lowest BCUT2D eigenvalue weighted by Gasteiger charge is -2.36. The van der Waals surface area contributed by atoms with Crippen molar-refractivity contribution >= 4 is 12.1 Å². The second-order valence-corrected chi connectivity index (χ2v) is 9.11. The van der Waals surface area contributed by atoms with Gasteiger partial charge >= 0.3 is 6.18 Å². The van der Waals surface area contributed by atoms with E-state index in [0.29, 0.717) is 25.3 Å². The molecule has 2 fully saturated rings. The lowest BCUT2D eigenvalue weighted by molar-refractivity contribution is -0.182. The Bertz CT molecular complexity index is 931. The van der Waals surface area contributed by atoms with Crippen molar-refractivity contribution in [2.24, 2.45) is 11.8 Å². The van der Waals surface area contributed by atoms with Crippen LogP contribution < -0.4 is 0 Å². The van der Waals surface area contributed by atoms with Crippen molar-refractivity contribution in [1.82, 2.24) is 19.5 Å². The molecule has 164 valence electrons. The number of nitrogens with zero attached hydrogens (tertiary/aromatic N) is 4. The topological polar surface area (TPSA) is 50.5 Å². The normalized spacial score (nSPS) is 28.1. The Morgan fingerprint density at radius 2 is 1.83 bits per heavy atom. The lowest BCUT2D eigenvalue weighted by atomic mass is 9.80. The van der Waals surface area contributed by atoms with Gasteiger partial charge in [-0.1, -0.05) is 6.92 Å². The smallest absolute Gasteiger partial charge is 0.345 e. The minimum Gasteiger partial charge on any atom is -0.345 e. The Morgan fingerprint density at radius 3 is 2.47 bits per heavy atom. The molecule has 0 radical (unpaired) electrons. The van der Waals surface area contributed by atoms with E-state index in [1.165, 1.54) is 0 Å². The van der Waals surface area contributed by atoms with E-state index in [0.717, 1.165) is 47.7 Å². The summed E-state index contributed by atoms with van der Waals surface area (Å²) in [5.41, 5.74) is 4.66. The summed E-state index contributed by atoms with van der Waals surface area (Å²) in [5, 5.41) is 4.85. The third-order valence-electron chi connectivity index (χ3n) is 7.25.